The Morgan fingerprint density at radius 1 is 1.86 bits per heavy atom. The van der Waals surface area contributed by atoms with Gasteiger partial charge in [-0.2, -0.15) is 0 Å². The molecular weight excluding hydrogens is 132 g/mol. The zero-order valence-corrected chi connectivity index (χ0v) is 5.05. The van der Waals surface area contributed by atoms with Gasteiger partial charge in [0.25, 0.3) is 0 Å². The first-order valence-corrected chi connectivity index (χ1v) is 3.09. The van der Waals surface area contributed by atoms with Gasteiger partial charge in [0, 0.05) is 5.03 Å². The van der Waals surface area contributed by atoms with E-state index in [1.54, 1.807) is 5.41 Å². The molecule has 0 radical (unpaired) electrons. The third-order valence-corrected chi connectivity index (χ3v) is 1.81. The summed E-state index contributed by atoms with van der Waals surface area (Å²) in [5.41, 5.74) is 0. The molecule has 0 bridgehead atoms. The van der Waals surface area contributed by atoms with Gasteiger partial charge in [0.05, 0.1) is 6.42 Å². The highest BCUT2D eigenvalue weighted by molar-refractivity contribution is 8.16. The van der Waals surface area contributed by atoms with Crippen molar-refractivity contribution in [1.29, 1.82) is 0 Å². The van der Waals surface area contributed by atoms with E-state index in [0.29, 0.717) is 11.5 Å². The van der Waals surface area contributed by atoms with Gasteiger partial charge < -0.3 is 0 Å². The van der Waals surface area contributed by atoms with Crippen LogP contribution >= 0.6 is 23.4 Å². The minimum atomic E-state index is 0.144. The monoisotopic (exact) mass is 134 g/mol. The largest absolute Gasteiger partial charge is 0.286 e. The zero-order chi connectivity index (χ0) is 5.28. The van der Waals surface area contributed by atoms with Crippen LogP contribution in [0.2, 0.25) is 0 Å². The summed E-state index contributed by atoms with van der Waals surface area (Å²) in [6, 6.07) is 0. The molecule has 1 aliphatic rings. The molecule has 38 valence electrons. The number of rotatable bonds is 0. The van der Waals surface area contributed by atoms with Crippen molar-refractivity contribution < 1.29 is 4.79 Å². The van der Waals surface area contributed by atoms with Gasteiger partial charge in [0.1, 0.15) is 0 Å². The molecule has 1 nitrogen and oxygen atoms in total. The maximum absolute atomic E-state index is 10.3. The zero-order valence-electron chi connectivity index (χ0n) is 3.48. The Morgan fingerprint density at radius 3 is 2.71 bits per heavy atom. The summed E-state index contributed by atoms with van der Waals surface area (Å²) in [6.45, 7) is 0. The van der Waals surface area contributed by atoms with Crippen LogP contribution < -0.4 is 0 Å². The number of hydrogen-bond donors (Lipinski definition) is 0. The Bertz CT molecular complexity index is 130. The van der Waals surface area contributed by atoms with E-state index in [9.17, 15) is 4.79 Å². The Hall–Kier alpha value is 0.0500. The normalized spacial score (nSPS) is 20.1. The molecule has 0 aromatic carbocycles. The van der Waals surface area contributed by atoms with Gasteiger partial charge >= 0.3 is 0 Å². The number of allylic oxidation sites excluding steroid dienone is 1. The van der Waals surface area contributed by atoms with Crippen molar-refractivity contribution >= 4 is 28.5 Å². The number of thioether (sulfide) groups is 1. The molecule has 0 aromatic heterocycles. The predicted molar refractivity (Wildman–Crippen MR) is 31.2 cm³/mol. The highest BCUT2D eigenvalue weighted by Crippen LogP contribution is 2.25. The molecule has 1 heterocycles. The average Bonchev–Trinajstić information content (AvgIpc) is 1.87. The van der Waals surface area contributed by atoms with Gasteiger partial charge in [0.2, 0.25) is 0 Å². The van der Waals surface area contributed by atoms with Crippen molar-refractivity contribution in [2.45, 2.75) is 6.42 Å². The van der Waals surface area contributed by atoms with Crippen LogP contribution in [0.4, 0.5) is 0 Å². The Kier molecular flexibility index (Phi) is 1.40. The minimum absolute atomic E-state index is 0.144. The molecule has 0 amide bonds. The summed E-state index contributed by atoms with van der Waals surface area (Å²) in [5.74, 6) is 0. The molecule has 0 aromatic rings. The molecule has 7 heavy (non-hydrogen) atoms. The van der Waals surface area contributed by atoms with Crippen LogP contribution in [0.15, 0.2) is 10.4 Å². The predicted octanol–water partition coefficient (Wildman–Crippen LogP) is 1.73. The van der Waals surface area contributed by atoms with E-state index in [1.165, 1.54) is 11.8 Å². The van der Waals surface area contributed by atoms with Crippen LogP contribution in [0.5, 0.6) is 0 Å². The van der Waals surface area contributed by atoms with Crippen LogP contribution in [0.3, 0.4) is 0 Å². The fraction of sp³-hybridized carbons (Fsp3) is 0.250. The molecule has 0 N–H and O–H groups in total. The number of halogens is 1. The highest BCUT2D eigenvalue weighted by atomic mass is 35.5. The Labute approximate surface area is 50.7 Å². The van der Waals surface area contributed by atoms with Crippen molar-refractivity contribution in [1.82, 2.24) is 0 Å². The van der Waals surface area contributed by atoms with E-state index in [1.807, 2.05) is 0 Å². The minimum Gasteiger partial charge on any atom is -0.286 e. The lowest BCUT2D eigenvalue weighted by atomic mass is 10.5. The van der Waals surface area contributed by atoms with Crippen LogP contribution in [0.25, 0.3) is 0 Å². The van der Waals surface area contributed by atoms with Crippen LogP contribution in [-0.4, -0.2) is 5.12 Å². The van der Waals surface area contributed by atoms with Gasteiger partial charge in [-0.05, 0) is 5.41 Å². The van der Waals surface area contributed by atoms with Crippen LogP contribution in [-0.2, 0) is 4.79 Å². The molecule has 0 unspecified atom stereocenters. The Morgan fingerprint density at radius 2 is 2.57 bits per heavy atom. The van der Waals surface area contributed by atoms with Crippen LogP contribution in [0, 0.1) is 0 Å². The third-order valence-electron chi connectivity index (χ3n) is 0.631. The van der Waals surface area contributed by atoms with Crippen molar-refractivity contribution in [2.24, 2.45) is 0 Å². The third kappa shape index (κ3) is 1.21. The van der Waals surface area contributed by atoms with E-state index in [-0.39, 0.29) is 5.12 Å². The first kappa shape index (κ1) is 5.19. The van der Waals surface area contributed by atoms with Crippen molar-refractivity contribution in [2.75, 3.05) is 0 Å². The van der Waals surface area contributed by atoms with Crippen molar-refractivity contribution in [3.63, 3.8) is 0 Å². The van der Waals surface area contributed by atoms with E-state index in [4.69, 9.17) is 11.6 Å². The molecule has 0 atom stereocenters. The summed E-state index contributed by atoms with van der Waals surface area (Å²) in [5, 5.41) is 2.48. The second-order valence-corrected chi connectivity index (χ2v) is 2.64. The van der Waals surface area contributed by atoms with Crippen molar-refractivity contribution in [3.8, 4) is 0 Å². The van der Waals surface area contributed by atoms with Gasteiger partial charge in [-0.25, -0.2) is 0 Å². The molecule has 1 rings (SSSR count). The quantitative estimate of drug-likeness (QED) is 0.502. The molecule has 3 heteroatoms. The molecular formula is C4H3ClOS. The summed E-state index contributed by atoms with van der Waals surface area (Å²) in [7, 11) is 0. The van der Waals surface area contributed by atoms with Crippen LogP contribution in [0.1, 0.15) is 6.42 Å². The summed E-state index contributed by atoms with van der Waals surface area (Å²) in [4.78, 5) is 10.3. The molecule has 0 spiro atoms. The van der Waals surface area contributed by atoms with Gasteiger partial charge in [0.15, 0.2) is 5.12 Å². The first-order valence-electron chi connectivity index (χ1n) is 1.83. The number of carbonyl (C=O) groups is 1. The lowest BCUT2D eigenvalue weighted by Gasteiger charge is -1.76. The average molecular weight is 135 g/mol. The maximum Gasteiger partial charge on any atom is 0.198 e. The van der Waals surface area contributed by atoms with Crippen molar-refractivity contribution in [3.05, 3.63) is 10.4 Å². The van der Waals surface area contributed by atoms with Gasteiger partial charge in [-0.1, -0.05) is 23.4 Å². The Balaban J connectivity index is 2.58. The maximum atomic E-state index is 10.3. The number of carbonyl (C=O) groups excluding carboxylic acids is 1. The second-order valence-electron chi connectivity index (χ2n) is 1.23. The number of hydrogen-bond acceptors (Lipinski definition) is 2. The summed E-state index contributed by atoms with van der Waals surface area (Å²) in [6.07, 6.45) is 0.423. The molecule has 0 saturated heterocycles. The van der Waals surface area contributed by atoms with E-state index >= 15 is 0 Å². The van der Waals surface area contributed by atoms with E-state index in [2.05, 4.69) is 0 Å². The van der Waals surface area contributed by atoms with Gasteiger partial charge in [-0.15, -0.1) is 0 Å². The SMILES string of the molecule is O=C1CC(Cl)=CS1. The summed E-state index contributed by atoms with van der Waals surface area (Å²) >= 11 is 6.60. The van der Waals surface area contributed by atoms with E-state index < -0.39 is 0 Å². The topological polar surface area (TPSA) is 17.1 Å². The first-order chi connectivity index (χ1) is 3.29. The second kappa shape index (κ2) is 1.88. The molecule has 0 saturated carbocycles. The highest BCUT2D eigenvalue weighted by Gasteiger charge is 2.10. The molecule has 0 fully saturated rings. The van der Waals surface area contributed by atoms with Gasteiger partial charge in [-0.3, -0.25) is 4.79 Å². The lowest BCUT2D eigenvalue weighted by molar-refractivity contribution is -0.110. The standard InChI is InChI=1S/C4H3ClOS/c5-3-1-4(6)7-2-3/h2H,1H2. The fourth-order valence-electron chi connectivity index (χ4n) is 0.351. The molecule has 1 aliphatic heterocycles. The smallest absolute Gasteiger partial charge is 0.198 e. The van der Waals surface area contributed by atoms with E-state index in [0.717, 1.165) is 0 Å². The fourth-order valence-corrected chi connectivity index (χ4v) is 1.27. The summed E-state index contributed by atoms with van der Waals surface area (Å²) < 4.78 is 0. The molecule has 0 aliphatic carbocycles. The lowest BCUT2D eigenvalue weighted by Crippen LogP contribution is -1.78.